The van der Waals surface area contributed by atoms with E-state index in [1.54, 1.807) is 39.0 Å². The highest BCUT2D eigenvalue weighted by atomic mass is 16.6. The van der Waals surface area contributed by atoms with Gasteiger partial charge in [0.2, 0.25) is 5.91 Å². The van der Waals surface area contributed by atoms with Crippen LogP contribution in [0.1, 0.15) is 64.1 Å². The number of aliphatic hydroxyl groups is 1. The highest BCUT2D eigenvalue weighted by Crippen LogP contribution is 2.23. The Labute approximate surface area is 190 Å². The van der Waals surface area contributed by atoms with Crippen LogP contribution in [0.4, 0.5) is 4.79 Å². The molecule has 0 radical (unpaired) electrons. The van der Waals surface area contributed by atoms with E-state index in [9.17, 15) is 19.5 Å². The van der Waals surface area contributed by atoms with Crippen LogP contribution >= 0.6 is 0 Å². The lowest BCUT2D eigenvalue weighted by molar-refractivity contribution is -0.139. The van der Waals surface area contributed by atoms with E-state index in [2.05, 4.69) is 23.6 Å². The SMILES string of the molecule is C#CN(C(=O)C(CO)NC(=O)OC(C)(C)C)C(C(=O)NCCCCC)c1cccc(C)c1. The molecule has 2 unspecified atom stereocenters. The van der Waals surface area contributed by atoms with Crippen molar-refractivity contribution < 1.29 is 24.2 Å². The van der Waals surface area contributed by atoms with Gasteiger partial charge in [-0.2, -0.15) is 0 Å². The van der Waals surface area contributed by atoms with Crippen molar-refractivity contribution in [1.29, 1.82) is 0 Å². The monoisotopic (exact) mass is 445 g/mol. The average Bonchev–Trinajstić information content (AvgIpc) is 2.71. The third-order valence-corrected chi connectivity index (χ3v) is 4.49. The smallest absolute Gasteiger partial charge is 0.408 e. The number of aryl methyl sites for hydroxylation is 1. The van der Waals surface area contributed by atoms with Gasteiger partial charge < -0.3 is 20.5 Å². The molecule has 0 spiro atoms. The maximum absolute atomic E-state index is 13.2. The van der Waals surface area contributed by atoms with Crippen molar-refractivity contribution >= 4 is 17.9 Å². The molecule has 0 saturated heterocycles. The Morgan fingerprint density at radius 2 is 1.94 bits per heavy atom. The molecule has 1 rings (SSSR count). The molecule has 1 aromatic rings. The van der Waals surface area contributed by atoms with E-state index in [1.165, 1.54) is 0 Å². The summed E-state index contributed by atoms with van der Waals surface area (Å²) in [6.45, 7) is 8.67. The number of carbonyl (C=O) groups is 3. The second-order valence-electron chi connectivity index (χ2n) is 8.53. The highest BCUT2D eigenvalue weighted by molar-refractivity contribution is 5.93. The van der Waals surface area contributed by atoms with Crippen molar-refractivity contribution in [3.8, 4) is 12.5 Å². The Morgan fingerprint density at radius 1 is 1.25 bits per heavy atom. The van der Waals surface area contributed by atoms with Crippen LogP contribution in [0.25, 0.3) is 0 Å². The topological polar surface area (TPSA) is 108 Å². The molecule has 0 aliphatic carbocycles. The molecule has 32 heavy (non-hydrogen) atoms. The van der Waals surface area contributed by atoms with E-state index in [0.717, 1.165) is 29.7 Å². The number of alkyl carbamates (subject to hydrolysis) is 1. The van der Waals surface area contributed by atoms with Gasteiger partial charge in [0.05, 0.1) is 6.61 Å². The van der Waals surface area contributed by atoms with E-state index in [0.29, 0.717) is 12.1 Å². The minimum atomic E-state index is -1.37. The number of hydrogen-bond donors (Lipinski definition) is 3. The number of rotatable bonds is 10. The Morgan fingerprint density at radius 3 is 2.47 bits per heavy atom. The number of unbranched alkanes of at least 4 members (excludes halogenated alkanes) is 2. The summed E-state index contributed by atoms with van der Waals surface area (Å²) < 4.78 is 5.16. The maximum Gasteiger partial charge on any atom is 0.408 e. The van der Waals surface area contributed by atoms with Crippen LogP contribution in [0.2, 0.25) is 0 Å². The Hall–Kier alpha value is -3.05. The van der Waals surface area contributed by atoms with Crippen LogP contribution in [0.3, 0.4) is 0 Å². The number of ether oxygens (including phenoxy) is 1. The van der Waals surface area contributed by atoms with Crippen molar-refractivity contribution in [3.05, 3.63) is 35.4 Å². The minimum Gasteiger partial charge on any atom is -0.444 e. The first-order chi connectivity index (χ1) is 15.0. The van der Waals surface area contributed by atoms with E-state index in [4.69, 9.17) is 11.2 Å². The summed E-state index contributed by atoms with van der Waals surface area (Å²) in [5, 5.41) is 14.9. The second kappa shape index (κ2) is 12.7. The normalized spacial score (nSPS) is 12.8. The van der Waals surface area contributed by atoms with Gasteiger partial charge in [-0.1, -0.05) is 56.0 Å². The van der Waals surface area contributed by atoms with Crippen LogP contribution in [-0.2, 0) is 14.3 Å². The Balaban J connectivity index is 3.17. The number of carbonyl (C=O) groups excluding carboxylic acids is 3. The first kappa shape index (κ1) is 27.0. The van der Waals surface area contributed by atoms with Crippen LogP contribution in [0, 0.1) is 19.4 Å². The van der Waals surface area contributed by atoms with Crippen molar-refractivity contribution in [3.63, 3.8) is 0 Å². The summed E-state index contributed by atoms with van der Waals surface area (Å²) in [5.74, 6) is -1.23. The van der Waals surface area contributed by atoms with Crippen LogP contribution in [0.15, 0.2) is 24.3 Å². The zero-order valence-electron chi connectivity index (χ0n) is 19.6. The lowest BCUT2D eigenvalue weighted by atomic mass is 10.0. The van der Waals surface area contributed by atoms with Gasteiger partial charge in [-0.3, -0.25) is 14.5 Å². The van der Waals surface area contributed by atoms with Crippen molar-refractivity contribution in [2.75, 3.05) is 13.2 Å². The third-order valence-electron chi connectivity index (χ3n) is 4.49. The number of nitrogens with one attached hydrogen (secondary N) is 2. The summed E-state index contributed by atoms with van der Waals surface area (Å²) >= 11 is 0. The first-order valence-corrected chi connectivity index (χ1v) is 10.8. The number of benzene rings is 1. The maximum atomic E-state index is 13.2. The van der Waals surface area contributed by atoms with Gasteiger partial charge in [-0.05, 0) is 39.7 Å². The summed E-state index contributed by atoms with van der Waals surface area (Å²) in [7, 11) is 0. The summed E-state index contributed by atoms with van der Waals surface area (Å²) in [6, 6.07) is 6.87. The van der Waals surface area contributed by atoms with Gasteiger partial charge in [-0.15, -0.1) is 0 Å². The largest absolute Gasteiger partial charge is 0.444 e. The molecule has 0 aliphatic heterocycles. The number of nitrogens with zero attached hydrogens (tertiary/aromatic N) is 1. The lowest BCUT2D eigenvalue weighted by Crippen LogP contribution is -2.53. The molecule has 8 nitrogen and oxygen atoms in total. The van der Waals surface area contributed by atoms with E-state index >= 15 is 0 Å². The average molecular weight is 446 g/mol. The summed E-state index contributed by atoms with van der Waals surface area (Å²) in [4.78, 5) is 39.3. The van der Waals surface area contributed by atoms with Crippen molar-refractivity contribution in [1.82, 2.24) is 15.5 Å². The molecule has 0 bridgehead atoms. The van der Waals surface area contributed by atoms with Gasteiger partial charge in [0.1, 0.15) is 17.7 Å². The first-order valence-electron chi connectivity index (χ1n) is 10.8. The van der Waals surface area contributed by atoms with Crippen molar-refractivity contribution in [2.24, 2.45) is 0 Å². The van der Waals surface area contributed by atoms with Gasteiger partial charge in [-0.25, -0.2) is 4.79 Å². The van der Waals surface area contributed by atoms with Gasteiger partial charge >= 0.3 is 6.09 Å². The number of aliphatic hydroxyl groups excluding tert-OH is 1. The Bertz CT molecular complexity index is 826. The van der Waals surface area contributed by atoms with Gasteiger partial charge in [0.25, 0.3) is 5.91 Å². The molecule has 0 aliphatic rings. The van der Waals surface area contributed by atoms with Gasteiger partial charge in [0.15, 0.2) is 0 Å². The fraction of sp³-hybridized carbons (Fsp3) is 0.542. The molecule has 3 amide bonds. The van der Waals surface area contributed by atoms with Crippen LogP contribution in [-0.4, -0.2) is 52.7 Å². The molecule has 0 fully saturated rings. The third kappa shape index (κ3) is 8.60. The molecular formula is C24H35N3O5. The standard InChI is InChI=1S/C24H35N3O5/c1-7-9-10-14-25-21(29)20(18-13-11-12-17(3)15-18)27(8-2)22(30)19(16-28)26-23(31)32-24(4,5)6/h2,11-13,15,19-20,28H,7,9-10,14,16H2,1,3-6H3,(H,25,29)(H,26,31). The summed E-state index contributed by atoms with van der Waals surface area (Å²) in [5.41, 5.74) is 0.626. The minimum absolute atomic E-state index is 0.438. The molecule has 176 valence electrons. The van der Waals surface area contributed by atoms with Gasteiger partial charge in [0, 0.05) is 12.6 Å². The number of amides is 3. The molecule has 8 heteroatoms. The molecule has 0 saturated carbocycles. The molecule has 1 aromatic carbocycles. The quantitative estimate of drug-likeness (QED) is 0.292. The van der Waals surface area contributed by atoms with E-state index < -0.39 is 42.2 Å². The molecule has 0 aromatic heterocycles. The zero-order chi connectivity index (χ0) is 24.3. The second-order valence-corrected chi connectivity index (χ2v) is 8.53. The number of hydrogen-bond acceptors (Lipinski definition) is 5. The van der Waals surface area contributed by atoms with E-state index in [1.807, 2.05) is 13.0 Å². The molecular weight excluding hydrogens is 410 g/mol. The fourth-order valence-electron chi connectivity index (χ4n) is 3.01. The van der Waals surface area contributed by atoms with Crippen LogP contribution < -0.4 is 10.6 Å². The van der Waals surface area contributed by atoms with Crippen LogP contribution in [0.5, 0.6) is 0 Å². The molecule has 0 heterocycles. The highest BCUT2D eigenvalue weighted by Gasteiger charge is 2.35. The molecule has 3 N–H and O–H groups in total. The predicted octanol–water partition coefficient (Wildman–Crippen LogP) is 2.65. The molecule has 2 atom stereocenters. The van der Waals surface area contributed by atoms with Crippen molar-refractivity contribution in [2.45, 2.75) is 71.6 Å². The number of terminal acetylenes is 1. The van der Waals surface area contributed by atoms with E-state index in [-0.39, 0.29) is 0 Å². The Kier molecular flexibility index (Phi) is 10.7. The zero-order valence-corrected chi connectivity index (χ0v) is 19.6. The lowest BCUT2D eigenvalue weighted by Gasteiger charge is -2.30. The predicted molar refractivity (Wildman–Crippen MR) is 122 cm³/mol. The fourth-order valence-corrected chi connectivity index (χ4v) is 3.01. The summed E-state index contributed by atoms with van der Waals surface area (Å²) in [6.07, 6.45) is 7.52.